The maximum absolute atomic E-state index is 12.5. The molecule has 2 aromatic rings. The fraction of sp³-hybridized carbons (Fsp3) is 0.100. The number of ketones is 1. The summed E-state index contributed by atoms with van der Waals surface area (Å²) in [4.78, 5) is 33.4. The van der Waals surface area contributed by atoms with E-state index in [1.807, 2.05) is 6.07 Å². The summed E-state index contributed by atoms with van der Waals surface area (Å²) in [7, 11) is 0. The molecule has 0 saturated heterocycles. The Bertz CT molecular complexity index is 854. The molecule has 0 fully saturated rings. The summed E-state index contributed by atoms with van der Waals surface area (Å²) in [5.41, 5.74) is 2.03. The zero-order chi connectivity index (χ0) is 17.4. The van der Waals surface area contributed by atoms with Crippen molar-refractivity contribution in [3.05, 3.63) is 76.4 Å². The second-order valence-corrected chi connectivity index (χ2v) is 4.89. The van der Waals surface area contributed by atoms with Crippen LogP contribution in [0, 0.1) is 23.5 Å². The monoisotopic (exact) mass is 491 g/mol. The molecule has 0 aliphatic carbocycles. The molecule has 2 rings (SSSR count). The summed E-state index contributed by atoms with van der Waals surface area (Å²) in [5.74, 6) is -0.449. The van der Waals surface area contributed by atoms with Crippen molar-refractivity contribution >= 4 is 24.4 Å². The van der Waals surface area contributed by atoms with Gasteiger partial charge in [0.25, 0.3) is 0 Å². The zero-order valence-electron chi connectivity index (χ0n) is 13.8. The molecule has 124 valence electrons. The number of carbonyl (C=O) groups excluding carboxylic acids is 3. The van der Waals surface area contributed by atoms with Crippen molar-refractivity contribution in [2.75, 3.05) is 0 Å². The average Bonchev–Trinajstić information content (AvgIpc) is 2.60. The molecule has 4 nitrogen and oxygen atoms in total. The van der Waals surface area contributed by atoms with Gasteiger partial charge in [-0.25, -0.2) is 0 Å². The van der Waals surface area contributed by atoms with E-state index in [1.54, 1.807) is 30.8 Å². The van der Waals surface area contributed by atoms with Crippen LogP contribution in [-0.2, 0) is 87.8 Å². The van der Waals surface area contributed by atoms with Crippen LogP contribution in [0.1, 0.15) is 27.0 Å². The zero-order valence-corrected chi connectivity index (χ0v) is 19.5. The average molecular weight is 491 g/mol. The molecular formula is C20H11NO3Y2-4. The molecule has 2 radical (unpaired) electrons. The van der Waals surface area contributed by atoms with Crippen LogP contribution in [0.15, 0.2) is 42.0 Å². The number of nitriles is 1. The predicted molar refractivity (Wildman–Crippen MR) is 87.3 cm³/mol. The van der Waals surface area contributed by atoms with Crippen molar-refractivity contribution < 1.29 is 79.8 Å². The van der Waals surface area contributed by atoms with E-state index < -0.39 is 5.78 Å². The Balaban J connectivity index is 0.00000312. The third-order valence-corrected chi connectivity index (χ3v) is 3.21. The van der Waals surface area contributed by atoms with Crippen LogP contribution in [0.2, 0.25) is 0 Å². The summed E-state index contributed by atoms with van der Waals surface area (Å²) >= 11 is 0. The van der Waals surface area contributed by atoms with Crippen molar-refractivity contribution in [3.63, 3.8) is 0 Å². The van der Waals surface area contributed by atoms with Crippen LogP contribution in [0.4, 0.5) is 0 Å². The fourth-order valence-corrected chi connectivity index (χ4v) is 2.11. The van der Waals surface area contributed by atoms with E-state index in [-0.39, 0.29) is 83.8 Å². The van der Waals surface area contributed by atoms with Crippen LogP contribution >= 0.6 is 0 Å². The topological polar surface area (TPSA) is 75.0 Å². The standard InChI is InChI=1S/C20H11NO3.2Y/c21-14-19(13-17-5-1-3-15(11-17)7-9-22)20(24)18-6-2-4-16(12-18)8-10-23;;/h1-2,5-6,11-13H,7-8H2;;/q-4;;/b19-13+;;. The van der Waals surface area contributed by atoms with Gasteiger partial charge in [0, 0.05) is 65.4 Å². The minimum Gasteiger partial charge on any atom is -0.542 e. The predicted octanol–water partition coefficient (Wildman–Crippen LogP) is 2.38. The fourth-order valence-electron chi connectivity index (χ4n) is 2.11. The first-order valence-corrected chi connectivity index (χ1v) is 7.05. The first kappa shape index (κ1) is 24.9. The summed E-state index contributed by atoms with van der Waals surface area (Å²) < 4.78 is 0. The van der Waals surface area contributed by atoms with E-state index in [1.165, 1.54) is 24.3 Å². The van der Waals surface area contributed by atoms with Crippen LogP contribution in [0.25, 0.3) is 6.08 Å². The van der Waals surface area contributed by atoms with Gasteiger partial charge < -0.3 is 9.59 Å². The Morgan fingerprint density at radius 2 is 1.62 bits per heavy atom. The molecule has 0 aliphatic rings. The first-order chi connectivity index (χ1) is 11.7. The number of carbonyl (C=O) groups is 1. The van der Waals surface area contributed by atoms with Gasteiger partial charge in [-0.2, -0.15) is 64.9 Å². The molecule has 0 spiro atoms. The quantitative estimate of drug-likeness (QED) is 0.258. The minimum absolute atomic E-state index is 0. The van der Waals surface area contributed by atoms with Gasteiger partial charge in [-0.15, -0.1) is 18.4 Å². The minimum atomic E-state index is -0.449. The second-order valence-electron chi connectivity index (χ2n) is 4.89. The van der Waals surface area contributed by atoms with Crippen LogP contribution in [0.3, 0.4) is 0 Å². The molecule has 0 heterocycles. The molecule has 6 heteroatoms. The molecule has 0 unspecified atom stereocenters. The van der Waals surface area contributed by atoms with Crippen molar-refractivity contribution in [2.24, 2.45) is 0 Å². The molecular weight excluding hydrogens is 480 g/mol. The van der Waals surface area contributed by atoms with E-state index in [2.05, 4.69) is 12.1 Å². The van der Waals surface area contributed by atoms with Crippen molar-refractivity contribution in [1.82, 2.24) is 0 Å². The summed E-state index contributed by atoms with van der Waals surface area (Å²) in [6, 6.07) is 17.2. The van der Waals surface area contributed by atoms with Gasteiger partial charge in [0.15, 0.2) is 5.78 Å². The van der Waals surface area contributed by atoms with E-state index in [9.17, 15) is 19.6 Å². The molecule has 0 aromatic heterocycles. The Labute approximate surface area is 202 Å². The summed E-state index contributed by atoms with van der Waals surface area (Å²) in [5, 5.41) is 9.28. The van der Waals surface area contributed by atoms with E-state index in [4.69, 9.17) is 0 Å². The number of hydrogen-bond acceptors (Lipinski definition) is 4. The number of rotatable bonds is 7. The molecule has 0 N–H and O–H groups in total. The van der Waals surface area contributed by atoms with Crippen LogP contribution in [-0.4, -0.2) is 18.4 Å². The van der Waals surface area contributed by atoms with Crippen molar-refractivity contribution in [3.8, 4) is 6.07 Å². The third kappa shape index (κ3) is 7.25. The van der Waals surface area contributed by atoms with Crippen LogP contribution in [0.5, 0.6) is 0 Å². The molecule has 0 bridgehead atoms. The Kier molecular flexibility index (Phi) is 12.6. The Hall–Kier alpha value is -1.11. The normalized spacial score (nSPS) is 9.88. The maximum Gasteiger partial charge on any atom is 0.179 e. The number of nitrogens with zero attached hydrogens (tertiary/aromatic N) is 1. The van der Waals surface area contributed by atoms with Gasteiger partial charge in [-0.05, 0) is 0 Å². The molecule has 0 saturated carbocycles. The van der Waals surface area contributed by atoms with Crippen molar-refractivity contribution in [2.45, 2.75) is 12.8 Å². The second kappa shape index (κ2) is 13.1. The maximum atomic E-state index is 12.5. The first-order valence-electron chi connectivity index (χ1n) is 7.05. The van der Waals surface area contributed by atoms with Crippen molar-refractivity contribution in [1.29, 1.82) is 5.26 Å². The molecule has 26 heavy (non-hydrogen) atoms. The van der Waals surface area contributed by atoms with E-state index in [0.717, 1.165) is 0 Å². The smallest absolute Gasteiger partial charge is 0.179 e. The van der Waals surface area contributed by atoms with Gasteiger partial charge >= 0.3 is 0 Å². The molecule has 0 atom stereocenters. The number of hydrogen-bond donors (Lipinski definition) is 0. The van der Waals surface area contributed by atoms with Gasteiger partial charge in [-0.1, -0.05) is 11.6 Å². The molecule has 0 aliphatic heterocycles. The molecule has 0 amide bonds. The van der Waals surface area contributed by atoms with Crippen LogP contribution < -0.4 is 0 Å². The van der Waals surface area contributed by atoms with Gasteiger partial charge in [0.05, 0.1) is 5.57 Å². The van der Waals surface area contributed by atoms with Gasteiger partial charge in [-0.3, -0.25) is 17.4 Å². The van der Waals surface area contributed by atoms with E-state index in [0.29, 0.717) is 22.3 Å². The van der Waals surface area contributed by atoms with E-state index >= 15 is 0 Å². The SMILES string of the molecule is N#C/C(=C\c1cc[c-]c(C[C-]=O)c1)C(=O)c1cc[c-]c(C[C-]=O)c1.[Y].[Y]. The summed E-state index contributed by atoms with van der Waals surface area (Å²) in [6.45, 7) is 0. The number of Topliss-reactive ketones (excluding diaryl/α,β-unsaturated/α-hetero) is 1. The largest absolute Gasteiger partial charge is 0.542 e. The summed E-state index contributed by atoms with van der Waals surface area (Å²) in [6.07, 6.45) is 5.10. The van der Waals surface area contributed by atoms with Gasteiger partial charge in [0.1, 0.15) is 6.07 Å². The third-order valence-electron chi connectivity index (χ3n) is 3.21. The molecule has 2 aromatic carbocycles. The Morgan fingerprint density at radius 3 is 2.19 bits per heavy atom. The van der Waals surface area contributed by atoms with Gasteiger partial charge in [0.2, 0.25) is 0 Å². The number of benzene rings is 2. The Morgan fingerprint density at radius 1 is 1.04 bits per heavy atom. The number of allylic oxidation sites excluding steroid dienone is 1.